The molecule has 0 aliphatic carbocycles. The Morgan fingerprint density at radius 1 is 0.970 bits per heavy atom. The summed E-state index contributed by atoms with van der Waals surface area (Å²) in [6.45, 7) is 5.89. The van der Waals surface area contributed by atoms with E-state index in [0.717, 1.165) is 17.7 Å². The Hall–Kier alpha value is -3.32. The molecule has 3 rings (SSSR count). The van der Waals surface area contributed by atoms with Gasteiger partial charge in [-0.3, -0.25) is 9.52 Å². The predicted molar refractivity (Wildman–Crippen MR) is 131 cm³/mol. The Labute approximate surface area is 196 Å². The van der Waals surface area contributed by atoms with Crippen LogP contribution in [0.1, 0.15) is 47.8 Å². The zero-order chi connectivity index (χ0) is 24.0. The average molecular weight is 467 g/mol. The lowest BCUT2D eigenvalue weighted by Gasteiger charge is -2.22. The Balaban J connectivity index is 1.86. The van der Waals surface area contributed by atoms with E-state index >= 15 is 0 Å². The van der Waals surface area contributed by atoms with Crippen molar-refractivity contribution in [2.24, 2.45) is 5.92 Å². The van der Waals surface area contributed by atoms with Crippen LogP contribution < -0.4 is 14.8 Å². The number of hydrogen-bond donors (Lipinski definition) is 2. The number of anilines is 1. The Bertz CT molecular complexity index is 1190. The second-order valence-corrected chi connectivity index (χ2v) is 10.0. The predicted octanol–water partition coefficient (Wildman–Crippen LogP) is 5.32. The number of nitrogens with one attached hydrogen (secondary N) is 2. The average Bonchev–Trinajstić information content (AvgIpc) is 2.79. The molecule has 7 heteroatoms. The first-order valence-electron chi connectivity index (χ1n) is 10.8. The molecule has 6 nitrogen and oxygen atoms in total. The highest BCUT2D eigenvalue weighted by Crippen LogP contribution is 2.25. The summed E-state index contributed by atoms with van der Waals surface area (Å²) in [6.07, 6.45) is 0.741. The minimum Gasteiger partial charge on any atom is -0.497 e. The first-order chi connectivity index (χ1) is 15.7. The first-order valence-corrected chi connectivity index (χ1v) is 12.3. The highest BCUT2D eigenvalue weighted by Gasteiger charge is 2.22. The van der Waals surface area contributed by atoms with E-state index in [-0.39, 0.29) is 22.4 Å². The van der Waals surface area contributed by atoms with Crippen LogP contribution in [-0.2, 0) is 10.0 Å². The van der Waals surface area contributed by atoms with Gasteiger partial charge in [-0.05, 0) is 66.8 Å². The van der Waals surface area contributed by atoms with E-state index in [9.17, 15) is 13.2 Å². The van der Waals surface area contributed by atoms with Crippen molar-refractivity contribution >= 4 is 21.6 Å². The van der Waals surface area contributed by atoms with E-state index in [1.54, 1.807) is 50.4 Å². The summed E-state index contributed by atoms with van der Waals surface area (Å²) < 4.78 is 33.8. The highest BCUT2D eigenvalue weighted by atomic mass is 32.2. The standard InChI is InChI=1S/C26H30N2O4S/c1-18(2)16-24(20-12-14-23(32-4)15-13-20)27-26(29)21-11-10-19(3)25(17-21)33(30,31)28-22-8-6-5-7-9-22/h5-15,17-18,24,28H,16H2,1-4H3,(H,27,29)/t24-/m1/s1. The topological polar surface area (TPSA) is 84.5 Å². The molecule has 33 heavy (non-hydrogen) atoms. The molecule has 174 valence electrons. The summed E-state index contributed by atoms with van der Waals surface area (Å²) in [5, 5.41) is 3.07. The number of rotatable bonds is 9. The molecule has 0 saturated carbocycles. The zero-order valence-corrected chi connectivity index (χ0v) is 20.1. The van der Waals surface area contributed by atoms with Crippen LogP contribution >= 0.6 is 0 Å². The van der Waals surface area contributed by atoms with E-state index in [0.29, 0.717) is 17.2 Å². The fourth-order valence-electron chi connectivity index (χ4n) is 3.57. The molecule has 2 N–H and O–H groups in total. The molecule has 3 aromatic rings. The second-order valence-electron chi connectivity index (χ2n) is 8.38. The van der Waals surface area contributed by atoms with Crippen LogP contribution in [0.5, 0.6) is 5.75 Å². The van der Waals surface area contributed by atoms with Gasteiger partial charge in [0.05, 0.1) is 18.0 Å². The maximum Gasteiger partial charge on any atom is 0.262 e. The number of ether oxygens (including phenoxy) is 1. The number of carbonyl (C=O) groups is 1. The van der Waals surface area contributed by atoms with Crippen molar-refractivity contribution in [1.29, 1.82) is 0 Å². The fraction of sp³-hybridized carbons (Fsp3) is 0.269. The first kappa shape index (κ1) is 24.3. The lowest BCUT2D eigenvalue weighted by Crippen LogP contribution is -2.29. The van der Waals surface area contributed by atoms with Gasteiger partial charge >= 0.3 is 0 Å². The van der Waals surface area contributed by atoms with Crippen molar-refractivity contribution in [3.63, 3.8) is 0 Å². The van der Waals surface area contributed by atoms with E-state index in [1.807, 2.05) is 30.3 Å². The largest absolute Gasteiger partial charge is 0.497 e. The Kier molecular flexibility index (Phi) is 7.76. The molecular formula is C26H30N2O4S. The molecule has 1 atom stereocenters. The summed E-state index contributed by atoms with van der Waals surface area (Å²) >= 11 is 0. The normalized spacial score (nSPS) is 12.3. The van der Waals surface area contributed by atoms with Crippen molar-refractivity contribution < 1.29 is 17.9 Å². The lowest BCUT2D eigenvalue weighted by atomic mass is 9.96. The number of carbonyl (C=O) groups excluding carboxylic acids is 1. The van der Waals surface area contributed by atoms with Crippen LogP contribution in [0.2, 0.25) is 0 Å². The molecule has 0 radical (unpaired) electrons. The quantitative estimate of drug-likeness (QED) is 0.447. The Morgan fingerprint density at radius 3 is 2.24 bits per heavy atom. The molecule has 1 amide bonds. The van der Waals surface area contributed by atoms with Gasteiger partial charge in [0.1, 0.15) is 5.75 Å². The molecule has 0 aliphatic rings. The maximum atomic E-state index is 13.1. The van der Waals surface area contributed by atoms with Crippen LogP contribution in [0, 0.1) is 12.8 Å². The third-order valence-electron chi connectivity index (χ3n) is 5.30. The number of amides is 1. The van der Waals surface area contributed by atoms with Gasteiger partial charge in [-0.15, -0.1) is 0 Å². The summed E-state index contributed by atoms with van der Waals surface area (Å²) in [4.78, 5) is 13.2. The number of hydrogen-bond acceptors (Lipinski definition) is 4. The maximum absolute atomic E-state index is 13.1. The minimum absolute atomic E-state index is 0.0730. The zero-order valence-electron chi connectivity index (χ0n) is 19.3. The van der Waals surface area contributed by atoms with E-state index in [2.05, 4.69) is 23.9 Å². The van der Waals surface area contributed by atoms with Gasteiger partial charge in [0.2, 0.25) is 0 Å². The van der Waals surface area contributed by atoms with Crippen molar-refractivity contribution in [3.05, 3.63) is 89.5 Å². The summed E-state index contributed by atoms with van der Waals surface area (Å²) in [7, 11) is -2.24. The molecule has 0 aliphatic heterocycles. The monoisotopic (exact) mass is 466 g/mol. The van der Waals surface area contributed by atoms with Crippen LogP contribution in [-0.4, -0.2) is 21.4 Å². The third kappa shape index (κ3) is 6.35. The summed E-state index contributed by atoms with van der Waals surface area (Å²) in [5.41, 5.74) is 2.27. The molecule has 0 fully saturated rings. The molecule has 3 aromatic carbocycles. The van der Waals surface area contributed by atoms with Gasteiger partial charge in [0, 0.05) is 11.3 Å². The van der Waals surface area contributed by atoms with Crippen molar-refractivity contribution in [2.75, 3.05) is 11.8 Å². The highest BCUT2D eigenvalue weighted by molar-refractivity contribution is 7.92. The molecule has 0 aromatic heterocycles. The number of sulfonamides is 1. The summed E-state index contributed by atoms with van der Waals surface area (Å²) in [6, 6.07) is 20.8. The van der Waals surface area contributed by atoms with Crippen molar-refractivity contribution in [2.45, 2.75) is 38.1 Å². The lowest BCUT2D eigenvalue weighted by molar-refractivity contribution is 0.0931. The SMILES string of the molecule is COc1ccc([C@@H](CC(C)C)NC(=O)c2ccc(C)c(S(=O)(=O)Nc3ccccc3)c2)cc1. The number of methoxy groups -OCH3 is 1. The van der Waals surface area contributed by atoms with E-state index in [1.165, 1.54) is 6.07 Å². The second kappa shape index (κ2) is 10.5. The number of aryl methyl sites for hydroxylation is 1. The van der Waals surface area contributed by atoms with Gasteiger partial charge in [-0.2, -0.15) is 0 Å². The number of benzene rings is 3. The van der Waals surface area contributed by atoms with Crippen molar-refractivity contribution in [1.82, 2.24) is 5.32 Å². The molecular weight excluding hydrogens is 436 g/mol. The molecule has 0 bridgehead atoms. The van der Waals surface area contributed by atoms with Crippen LogP contribution in [0.3, 0.4) is 0 Å². The molecule has 0 spiro atoms. The van der Waals surface area contributed by atoms with Crippen LogP contribution in [0.4, 0.5) is 5.69 Å². The molecule has 0 unspecified atom stereocenters. The van der Waals surface area contributed by atoms with E-state index in [4.69, 9.17) is 4.74 Å². The van der Waals surface area contributed by atoms with Crippen LogP contribution in [0.25, 0.3) is 0 Å². The summed E-state index contributed by atoms with van der Waals surface area (Å²) in [5.74, 6) is 0.765. The number of para-hydroxylation sites is 1. The van der Waals surface area contributed by atoms with Gasteiger partial charge in [0.25, 0.3) is 15.9 Å². The third-order valence-corrected chi connectivity index (χ3v) is 6.82. The van der Waals surface area contributed by atoms with Gasteiger partial charge < -0.3 is 10.1 Å². The smallest absolute Gasteiger partial charge is 0.262 e. The molecule has 0 saturated heterocycles. The van der Waals surface area contributed by atoms with Crippen molar-refractivity contribution in [3.8, 4) is 5.75 Å². The van der Waals surface area contributed by atoms with E-state index < -0.39 is 10.0 Å². The van der Waals surface area contributed by atoms with Gasteiger partial charge in [-0.1, -0.05) is 50.2 Å². The van der Waals surface area contributed by atoms with Gasteiger partial charge in [0.15, 0.2) is 0 Å². The minimum atomic E-state index is -3.85. The van der Waals surface area contributed by atoms with Crippen LogP contribution in [0.15, 0.2) is 77.7 Å². The van der Waals surface area contributed by atoms with Gasteiger partial charge in [-0.25, -0.2) is 8.42 Å². The molecule has 0 heterocycles. The fourth-order valence-corrected chi connectivity index (χ4v) is 4.91. The Morgan fingerprint density at radius 2 is 1.64 bits per heavy atom.